The fourth-order valence-corrected chi connectivity index (χ4v) is 3.06. The number of aryl methyl sites for hydroxylation is 1. The molecule has 1 aliphatic rings. The molecule has 1 amide bonds. The highest BCUT2D eigenvalue weighted by Crippen LogP contribution is 2.30. The molecule has 116 valence electrons. The second-order valence-electron chi connectivity index (χ2n) is 7.01. The molecule has 1 unspecified atom stereocenters. The van der Waals surface area contributed by atoms with Crippen molar-refractivity contribution in [2.45, 2.75) is 45.6 Å². The Morgan fingerprint density at radius 3 is 2.86 bits per heavy atom. The van der Waals surface area contributed by atoms with Crippen LogP contribution in [-0.2, 0) is 23.2 Å². The molecule has 4 heteroatoms. The third-order valence-corrected chi connectivity index (χ3v) is 4.31. The second kappa shape index (κ2) is 5.59. The average Bonchev–Trinajstić information content (AvgIpc) is 2.94. The summed E-state index contributed by atoms with van der Waals surface area (Å²) >= 11 is 0. The molecule has 0 fully saturated rings. The van der Waals surface area contributed by atoms with Crippen molar-refractivity contribution < 1.29 is 4.79 Å². The quantitative estimate of drug-likeness (QED) is 0.923. The Morgan fingerprint density at radius 2 is 2.09 bits per heavy atom. The van der Waals surface area contributed by atoms with Crippen LogP contribution in [0.1, 0.15) is 38.6 Å². The first-order valence-corrected chi connectivity index (χ1v) is 7.85. The molecule has 0 bridgehead atoms. The minimum atomic E-state index is 0.00271. The zero-order valence-corrected chi connectivity index (χ0v) is 13.5. The van der Waals surface area contributed by atoms with E-state index >= 15 is 0 Å². The first-order valence-electron chi connectivity index (χ1n) is 7.85. The Balaban J connectivity index is 1.76. The van der Waals surface area contributed by atoms with E-state index in [1.165, 1.54) is 5.56 Å². The number of carbonyl (C=O) groups is 1. The molecular formula is C18H23N3O. The number of benzene rings is 1. The van der Waals surface area contributed by atoms with Gasteiger partial charge in [-0.25, -0.2) is 4.98 Å². The molecule has 0 saturated heterocycles. The van der Waals surface area contributed by atoms with Gasteiger partial charge in [0.15, 0.2) is 0 Å². The Morgan fingerprint density at radius 1 is 1.32 bits per heavy atom. The van der Waals surface area contributed by atoms with Crippen molar-refractivity contribution in [3.63, 3.8) is 0 Å². The van der Waals surface area contributed by atoms with Crippen LogP contribution in [0.2, 0.25) is 0 Å². The van der Waals surface area contributed by atoms with Gasteiger partial charge in [0.05, 0.1) is 0 Å². The number of rotatable bonds is 2. The van der Waals surface area contributed by atoms with E-state index in [0.717, 1.165) is 30.9 Å². The summed E-state index contributed by atoms with van der Waals surface area (Å²) < 4.78 is 2.13. The molecular weight excluding hydrogens is 274 g/mol. The molecule has 22 heavy (non-hydrogen) atoms. The largest absolute Gasteiger partial charge is 0.335 e. The van der Waals surface area contributed by atoms with E-state index in [1.54, 1.807) is 0 Å². The van der Waals surface area contributed by atoms with Crippen molar-refractivity contribution in [3.8, 4) is 0 Å². The normalized spacial score (nSPS) is 17.9. The van der Waals surface area contributed by atoms with Gasteiger partial charge < -0.3 is 9.88 Å². The summed E-state index contributed by atoms with van der Waals surface area (Å²) in [5, 5.41) is 3.13. The number of imidazole rings is 1. The molecule has 0 saturated carbocycles. The van der Waals surface area contributed by atoms with Crippen LogP contribution in [0.4, 0.5) is 5.69 Å². The number of para-hydroxylation sites is 1. The summed E-state index contributed by atoms with van der Waals surface area (Å²) in [6, 6.07) is 8.07. The second-order valence-corrected chi connectivity index (χ2v) is 7.01. The van der Waals surface area contributed by atoms with Crippen LogP contribution in [0.25, 0.3) is 0 Å². The van der Waals surface area contributed by atoms with Gasteiger partial charge in [-0.2, -0.15) is 0 Å². The SMILES string of the molecule is CC(C)(C)c1ccccc1NC(=O)C1CCn2ccnc2C1. The van der Waals surface area contributed by atoms with E-state index in [2.05, 4.69) is 41.7 Å². The topological polar surface area (TPSA) is 46.9 Å². The Bertz CT molecular complexity index is 682. The van der Waals surface area contributed by atoms with Crippen molar-refractivity contribution in [3.05, 3.63) is 48.0 Å². The minimum Gasteiger partial charge on any atom is -0.335 e. The lowest BCUT2D eigenvalue weighted by atomic mass is 9.85. The molecule has 1 atom stereocenters. The van der Waals surface area contributed by atoms with E-state index in [0.29, 0.717) is 0 Å². The van der Waals surface area contributed by atoms with Crippen LogP contribution in [0.5, 0.6) is 0 Å². The molecule has 0 spiro atoms. The number of anilines is 1. The third-order valence-electron chi connectivity index (χ3n) is 4.31. The highest BCUT2D eigenvalue weighted by Gasteiger charge is 2.26. The van der Waals surface area contributed by atoms with E-state index in [1.807, 2.05) is 30.6 Å². The molecule has 0 aliphatic carbocycles. The minimum absolute atomic E-state index is 0.00271. The van der Waals surface area contributed by atoms with E-state index in [9.17, 15) is 4.79 Å². The van der Waals surface area contributed by atoms with Gasteiger partial charge in [-0.15, -0.1) is 0 Å². The molecule has 2 heterocycles. The number of carbonyl (C=O) groups excluding carboxylic acids is 1. The predicted molar refractivity (Wildman–Crippen MR) is 87.8 cm³/mol. The Labute approximate surface area is 131 Å². The molecule has 0 radical (unpaired) electrons. The van der Waals surface area contributed by atoms with Crippen molar-refractivity contribution in [1.82, 2.24) is 9.55 Å². The standard InChI is InChI=1S/C18H23N3O/c1-18(2,3)14-6-4-5-7-15(14)20-17(22)13-8-10-21-11-9-19-16(21)12-13/h4-7,9,11,13H,8,10,12H2,1-3H3,(H,20,22). The number of fused-ring (bicyclic) bond motifs is 1. The lowest BCUT2D eigenvalue weighted by Gasteiger charge is -2.26. The maximum Gasteiger partial charge on any atom is 0.228 e. The van der Waals surface area contributed by atoms with Crippen LogP contribution in [0, 0.1) is 5.92 Å². The van der Waals surface area contributed by atoms with Gasteiger partial charge >= 0.3 is 0 Å². The summed E-state index contributed by atoms with van der Waals surface area (Å²) in [5.74, 6) is 1.12. The summed E-state index contributed by atoms with van der Waals surface area (Å²) in [6.45, 7) is 7.36. The number of amides is 1. The van der Waals surface area contributed by atoms with Crippen LogP contribution in [-0.4, -0.2) is 15.5 Å². The van der Waals surface area contributed by atoms with Gasteiger partial charge in [-0.1, -0.05) is 39.0 Å². The highest BCUT2D eigenvalue weighted by molar-refractivity contribution is 5.93. The monoisotopic (exact) mass is 297 g/mol. The first kappa shape index (κ1) is 14.8. The predicted octanol–water partition coefficient (Wildman–Crippen LogP) is 3.38. The van der Waals surface area contributed by atoms with Gasteiger partial charge in [0.1, 0.15) is 5.82 Å². The number of hydrogen-bond donors (Lipinski definition) is 1. The summed E-state index contributed by atoms with van der Waals surface area (Å²) in [4.78, 5) is 17.0. The average molecular weight is 297 g/mol. The van der Waals surface area contributed by atoms with Gasteiger partial charge in [0, 0.05) is 37.0 Å². The molecule has 2 aromatic rings. The van der Waals surface area contributed by atoms with Crippen molar-refractivity contribution in [2.75, 3.05) is 5.32 Å². The van der Waals surface area contributed by atoms with Gasteiger partial charge in [-0.3, -0.25) is 4.79 Å². The smallest absolute Gasteiger partial charge is 0.228 e. The van der Waals surface area contributed by atoms with Crippen molar-refractivity contribution in [2.24, 2.45) is 5.92 Å². The van der Waals surface area contributed by atoms with E-state index in [4.69, 9.17) is 0 Å². The van der Waals surface area contributed by atoms with E-state index < -0.39 is 0 Å². The molecule has 3 rings (SSSR count). The molecule has 4 nitrogen and oxygen atoms in total. The first-order chi connectivity index (χ1) is 10.4. The lowest BCUT2D eigenvalue weighted by Crippen LogP contribution is -2.31. The maximum atomic E-state index is 12.6. The van der Waals surface area contributed by atoms with Crippen molar-refractivity contribution >= 4 is 11.6 Å². The number of nitrogens with zero attached hydrogens (tertiary/aromatic N) is 2. The fraction of sp³-hybridized carbons (Fsp3) is 0.444. The van der Waals surface area contributed by atoms with Crippen LogP contribution < -0.4 is 5.32 Å². The zero-order valence-electron chi connectivity index (χ0n) is 13.5. The molecule has 1 aromatic carbocycles. The summed E-state index contributed by atoms with van der Waals surface area (Å²) in [6.07, 6.45) is 5.38. The maximum absolute atomic E-state index is 12.6. The van der Waals surface area contributed by atoms with Gasteiger partial charge in [0.2, 0.25) is 5.91 Å². The van der Waals surface area contributed by atoms with Crippen LogP contribution in [0.3, 0.4) is 0 Å². The zero-order chi connectivity index (χ0) is 15.7. The summed E-state index contributed by atoms with van der Waals surface area (Å²) in [5.41, 5.74) is 2.10. The molecule has 1 aliphatic heterocycles. The van der Waals surface area contributed by atoms with Crippen LogP contribution >= 0.6 is 0 Å². The number of nitrogens with one attached hydrogen (secondary N) is 1. The lowest BCUT2D eigenvalue weighted by molar-refractivity contribution is -0.120. The van der Waals surface area contributed by atoms with Gasteiger partial charge in [0.25, 0.3) is 0 Å². The fourth-order valence-electron chi connectivity index (χ4n) is 3.06. The Hall–Kier alpha value is -2.10. The number of hydrogen-bond acceptors (Lipinski definition) is 2. The third kappa shape index (κ3) is 2.91. The van der Waals surface area contributed by atoms with Gasteiger partial charge in [-0.05, 0) is 23.5 Å². The molecule has 1 N–H and O–H groups in total. The van der Waals surface area contributed by atoms with Crippen molar-refractivity contribution in [1.29, 1.82) is 0 Å². The molecule has 1 aromatic heterocycles. The van der Waals surface area contributed by atoms with E-state index in [-0.39, 0.29) is 17.2 Å². The highest BCUT2D eigenvalue weighted by atomic mass is 16.1. The Kier molecular flexibility index (Phi) is 3.77. The summed E-state index contributed by atoms with van der Waals surface area (Å²) in [7, 11) is 0. The van der Waals surface area contributed by atoms with Crippen LogP contribution in [0.15, 0.2) is 36.7 Å². The number of aromatic nitrogens is 2.